The van der Waals surface area contributed by atoms with Crippen molar-refractivity contribution in [2.45, 2.75) is 18.6 Å². The van der Waals surface area contributed by atoms with Crippen molar-refractivity contribution in [2.75, 3.05) is 5.32 Å². The Morgan fingerprint density at radius 3 is 2.68 bits per heavy atom. The van der Waals surface area contributed by atoms with Crippen LogP contribution in [0.5, 0.6) is 0 Å². The Hall–Kier alpha value is -3.12. The number of amides is 2. The summed E-state index contributed by atoms with van der Waals surface area (Å²) in [6.45, 7) is 0. The van der Waals surface area contributed by atoms with E-state index in [-0.39, 0.29) is 12.1 Å². The van der Waals surface area contributed by atoms with Crippen LogP contribution >= 0.6 is 0 Å². The van der Waals surface area contributed by atoms with Crippen LogP contribution in [-0.2, 0) is 6.42 Å². The van der Waals surface area contributed by atoms with Gasteiger partial charge in [0.25, 0.3) is 0 Å². The third-order valence-corrected chi connectivity index (χ3v) is 4.38. The van der Waals surface area contributed by atoms with E-state index in [1.807, 2.05) is 60.8 Å². The summed E-state index contributed by atoms with van der Waals surface area (Å²) in [6, 6.07) is 16.3. The first kappa shape index (κ1) is 15.4. The molecule has 0 saturated heterocycles. The van der Waals surface area contributed by atoms with E-state index in [1.54, 1.807) is 10.9 Å². The first-order valence-corrected chi connectivity index (χ1v) is 8.14. The molecule has 0 unspecified atom stereocenters. The lowest BCUT2D eigenvalue weighted by Crippen LogP contribution is -2.36. The number of aliphatic hydroxyl groups excluding tert-OH is 1. The monoisotopic (exact) mass is 334 g/mol. The molecule has 3 N–H and O–H groups in total. The molecule has 2 amide bonds. The van der Waals surface area contributed by atoms with Crippen molar-refractivity contribution in [3.8, 4) is 5.69 Å². The van der Waals surface area contributed by atoms with Gasteiger partial charge in [-0.2, -0.15) is 5.10 Å². The van der Waals surface area contributed by atoms with Gasteiger partial charge in [0.1, 0.15) is 0 Å². The van der Waals surface area contributed by atoms with Gasteiger partial charge in [-0.05, 0) is 41.5 Å². The van der Waals surface area contributed by atoms with Crippen LogP contribution in [-0.4, -0.2) is 27.0 Å². The average Bonchev–Trinajstić information content (AvgIpc) is 3.25. The molecule has 3 aromatic rings. The molecular weight excluding hydrogens is 316 g/mol. The number of nitrogens with zero attached hydrogens (tertiary/aromatic N) is 2. The number of nitrogens with one attached hydrogen (secondary N) is 2. The molecule has 126 valence electrons. The second-order valence-electron chi connectivity index (χ2n) is 6.04. The van der Waals surface area contributed by atoms with E-state index in [2.05, 4.69) is 15.7 Å². The van der Waals surface area contributed by atoms with Crippen molar-refractivity contribution >= 4 is 11.7 Å². The number of carbonyl (C=O) groups is 1. The van der Waals surface area contributed by atoms with Crippen LogP contribution in [0.1, 0.15) is 17.2 Å². The lowest BCUT2D eigenvalue weighted by Gasteiger charge is -2.18. The summed E-state index contributed by atoms with van der Waals surface area (Å²) in [7, 11) is 0. The quantitative estimate of drug-likeness (QED) is 0.689. The van der Waals surface area contributed by atoms with Crippen LogP contribution in [0.15, 0.2) is 67.0 Å². The Bertz CT molecular complexity index is 875. The maximum atomic E-state index is 12.3. The molecule has 1 aliphatic carbocycles. The highest BCUT2D eigenvalue weighted by Crippen LogP contribution is 2.31. The molecule has 1 heterocycles. The highest BCUT2D eigenvalue weighted by atomic mass is 16.3. The van der Waals surface area contributed by atoms with E-state index >= 15 is 0 Å². The van der Waals surface area contributed by atoms with Crippen LogP contribution in [0.25, 0.3) is 5.69 Å². The minimum absolute atomic E-state index is 0.340. The third-order valence-electron chi connectivity index (χ3n) is 4.38. The second kappa shape index (κ2) is 6.41. The van der Waals surface area contributed by atoms with Gasteiger partial charge in [0, 0.05) is 24.5 Å². The molecule has 2 aromatic carbocycles. The minimum atomic E-state index is -0.606. The fourth-order valence-corrected chi connectivity index (χ4v) is 3.18. The van der Waals surface area contributed by atoms with Crippen molar-refractivity contribution in [3.63, 3.8) is 0 Å². The predicted octanol–water partition coefficient (Wildman–Crippen LogP) is 2.65. The zero-order valence-corrected chi connectivity index (χ0v) is 13.5. The number of benzene rings is 2. The summed E-state index contributed by atoms with van der Waals surface area (Å²) < 4.78 is 1.75. The topological polar surface area (TPSA) is 79.2 Å². The van der Waals surface area contributed by atoms with Crippen LogP contribution < -0.4 is 10.6 Å². The summed E-state index contributed by atoms with van der Waals surface area (Å²) >= 11 is 0. The highest BCUT2D eigenvalue weighted by Gasteiger charge is 2.31. The van der Waals surface area contributed by atoms with E-state index in [0.717, 1.165) is 16.8 Å². The molecule has 6 nitrogen and oxygen atoms in total. The number of hydrogen-bond acceptors (Lipinski definition) is 3. The van der Waals surface area contributed by atoms with Gasteiger partial charge in [0.2, 0.25) is 0 Å². The van der Waals surface area contributed by atoms with Crippen LogP contribution in [0.3, 0.4) is 0 Å². The molecule has 0 saturated carbocycles. The normalized spacial score (nSPS) is 18.6. The van der Waals surface area contributed by atoms with Crippen LogP contribution in [0, 0.1) is 0 Å². The molecule has 1 aliphatic rings. The number of anilines is 1. The molecule has 0 radical (unpaired) electrons. The number of fused-ring (bicyclic) bond motifs is 1. The molecule has 0 bridgehead atoms. The first-order chi connectivity index (χ1) is 12.2. The Kier molecular flexibility index (Phi) is 3.95. The zero-order chi connectivity index (χ0) is 17.2. The van der Waals surface area contributed by atoms with Gasteiger partial charge in [-0.15, -0.1) is 0 Å². The van der Waals surface area contributed by atoms with Crippen molar-refractivity contribution in [1.29, 1.82) is 0 Å². The van der Waals surface area contributed by atoms with Crippen LogP contribution in [0.2, 0.25) is 0 Å². The summed E-state index contributed by atoms with van der Waals surface area (Å²) in [6.07, 6.45) is 3.52. The van der Waals surface area contributed by atoms with Crippen molar-refractivity contribution in [2.24, 2.45) is 0 Å². The summed E-state index contributed by atoms with van der Waals surface area (Å²) in [5.74, 6) is 0. The molecule has 6 heteroatoms. The second-order valence-corrected chi connectivity index (χ2v) is 6.04. The van der Waals surface area contributed by atoms with Gasteiger partial charge in [-0.25, -0.2) is 9.48 Å². The van der Waals surface area contributed by atoms with Gasteiger partial charge >= 0.3 is 6.03 Å². The minimum Gasteiger partial charge on any atom is -0.390 e. The number of hydrogen-bond donors (Lipinski definition) is 3. The Labute approximate surface area is 145 Å². The highest BCUT2D eigenvalue weighted by molar-refractivity contribution is 5.89. The smallest absolute Gasteiger partial charge is 0.319 e. The molecule has 0 aliphatic heterocycles. The van der Waals surface area contributed by atoms with E-state index in [9.17, 15) is 9.90 Å². The van der Waals surface area contributed by atoms with E-state index in [0.29, 0.717) is 12.1 Å². The maximum absolute atomic E-state index is 12.3. The van der Waals surface area contributed by atoms with Gasteiger partial charge in [0.05, 0.1) is 17.8 Å². The Morgan fingerprint density at radius 1 is 1.12 bits per heavy atom. The van der Waals surface area contributed by atoms with Gasteiger partial charge in [-0.1, -0.05) is 24.3 Å². The number of aromatic nitrogens is 2. The lowest BCUT2D eigenvalue weighted by atomic mass is 10.1. The summed E-state index contributed by atoms with van der Waals surface area (Å²) in [5, 5.41) is 20.0. The SMILES string of the molecule is O=C(Nc1ccc(-n2cccn2)cc1)N[C@@H]1c2ccccc2C[C@@H]1O. The lowest BCUT2D eigenvalue weighted by molar-refractivity contribution is 0.144. The molecule has 2 atom stereocenters. The van der Waals surface area contributed by atoms with Gasteiger partial charge in [0.15, 0.2) is 0 Å². The first-order valence-electron chi connectivity index (χ1n) is 8.14. The standard InChI is InChI=1S/C19H18N4O2/c24-17-12-13-4-1-2-5-16(13)18(17)22-19(25)21-14-6-8-15(9-7-14)23-11-3-10-20-23/h1-11,17-18,24H,12H2,(H2,21,22,25)/t17-,18+/m0/s1. The Morgan fingerprint density at radius 2 is 1.92 bits per heavy atom. The fraction of sp³-hybridized carbons (Fsp3) is 0.158. The van der Waals surface area contributed by atoms with Crippen molar-refractivity contribution in [3.05, 3.63) is 78.1 Å². The molecule has 1 aromatic heterocycles. The zero-order valence-electron chi connectivity index (χ0n) is 13.5. The van der Waals surface area contributed by atoms with Crippen molar-refractivity contribution < 1.29 is 9.90 Å². The van der Waals surface area contributed by atoms with Crippen LogP contribution in [0.4, 0.5) is 10.5 Å². The maximum Gasteiger partial charge on any atom is 0.319 e. The van der Waals surface area contributed by atoms with E-state index in [4.69, 9.17) is 0 Å². The van der Waals surface area contributed by atoms with Gasteiger partial charge < -0.3 is 15.7 Å². The number of urea groups is 1. The van der Waals surface area contributed by atoms with Crippen molar-refractivity contribution in [1.82, 2.24) is 15.1 Å². The third kappa shape index (κ3) is 3.12. The van der Waals surface area contributed by atoms with E-state index in [1.165, 1.54) is 0 Å². The predicted molar refractivity (Wildman–Crippen MR) is 94.6 cm³/mol. The fourth-order valence-electron chi connectivity index (χ4n) is 3.18. The van der Waals surface area contributed by atoms with Gasteiger partial charge in [-0.3, -0.25) is 0 Å². The summed E-state index contributed by atoms with van der Waals surface area (Å²) in [4.78, 5) is 12.3. The molecular formula is C19H18N4O2. The molecule has 4 rings (SSSR count). The number of aliphatic hydroxyl groups is 1. The average molecular weight is 334 g/mol. The number of carbonyl (C=O) groups excluding carboxylic acids is 1. The Balaban J connectivity index is 1.42. The molecule has 25 heavy (non-hydrogen) atoms. The van der Waals surface area contributed by atoms with E-state index < -0.39 is 6.10 Å². The largest absolute Gasteiger partial charge is 0.390 e. The molecule has 0 fully saturated rings. The summed E-state index contributed by atoms with van der Waals surface area (Å²) in [5.41, 5.74) is 3.63. The molecule has 0 spiro atoms. The number of rotatable bonds is 3.